The van der Waals surface area contributed by atoms with Gasteiger partial charge in [-0.3, -0.25) is 4.79 Å². The zero-order chi connectivity index (χ0) is 29.7. The molecule has 4 aromatic rings. The molecule has 10 nitrogen and oxygen atoms in total. The maximum absolute atomic E-state index is 12.5. The lowest BCUT2D eigenvalue weighted by molar-refractivity contribution is -0.111. The van der Waals surface area contributed by atoms with Crippen LogP contribution in [0.3, 0.4) is 0 Å². The van der Waals surface area contributed by atoms with Gasteiger partial charge in [0.05, 0.1) is 41.6 Å². The number of para-hydroxylation sites is 1. The summed E-state index contributed by atoms with van der Waals surface area (Å²) in [4.78, 5) is 26.5. The predicted molar refractivity (Wildman–Crippen MR) is 168 cm³/mol. The monoisotopic (exact) mass is 574 g/mol. The minimum absolute atomic E-state index is 0.294. The summed E-state index contributed by atoms with van der Waals surface area (Å²) in [6.45, 7) is 6.55. The minimum atomic E-state index is -0.294. The van der Waals surface area contributed by atoms with Crippen LogP contribution in [0.2, 0.25) is 0 Å². The molecule has 1 saturated carbocycles. The quantitative estimate of drug-likeness (QED) is 0.272. The topological polar surface area (TPSA) is 111 Å². The van der Waals surface area contributed by atoms with Crippen LogP contribution >= 0.6 is 0 Å². The van der Waals surface area contributed by atoms with Gasteiger partial charge < -0.3 is 29.7 Å². The number of rotatable bonds is 8. The minimum Gasteiger partial charge on any atom is -0.494 e. The number of fused-ring (bicyclic) bond motifs is 2. The van der Waals surface area contributed by atoms with Crippen molar-refractivity contribution in [1.29, 1.82) is 5.26 Å². The van der Waals surface area contributed by atoms with Gasteiger partial charge >= 0.3 is 0 Å². The van der Waals surface area contributed by atoms with Crippen LogP contribution in [0, 0.1) is 17.2 Å². The van der Waals surface area contributed by atoms with Gasteiger partial charge in [-0.1, -0.05) is 24.8 Å². The Labute approximate surface area is 250 Å². The highest BCUT2D eigenvalue weighted by atomic mass is 16.5. The van der Waals surface area contributed by atoms with Crippen LogP contribution in [-0.4, -0.2) is 65.2 Å². The third-order valence-electron chi connectivity index (χ3n) is 9.02. The van der Waals surface area contributed by atoms with E-state index in [1.54, 1.807) is 13.3 Å². The molecule has 1 aliphatic carbocycles. The number of nitrogens with one attached hydrogen (secondary N) is 2. The summed E-state index contributed by atoms with van der Waals surface area (Å²) < 4.78 is 8.12. The number of hydrogen-bond acceptors (Lipinski definition) is 8. The van der Waals surface area contributed by atoms with Gasteiger partial charge in [0.15, 0.2) is 0 Å². The van der Waals surface area contributed by atoms with Gasteiger partial charge in [0.25, 0.3) is 0 Å². The fourth-order valence-corrected chi connectivity index (χ4v) is 6.65. The van der Waals surface area contributed by atoms with Crippen molar-refractivity contribution in [2.75, 3.05) is 49.3 Å². The number of carbonyl (C=O) groups excluding carboxylic acids is 1. The van der Waals surface area contributed by atoms with Gasteiger partial charge in [-0.15, -0.1) is 0 Å². The Balaban J connectivity index is 1.27. The molecule has 2 aliphatic heterocycles. The molecule has 2 aromatic heterocycles. The summed E-state index contributed by atoms with van der Waals surface area (Å²) in [6, 6.07) is 15.3. The van der Waals surface area contributed by atoms with Crippen LogP contribution in [0.15, 0.2) is 61.4 Å². The molecule has 0 radical (unpaired) electrons. The molecule has 0 bridgehead atoms. The average molecular weight is 575 g/mol. The van der Waals surface area contributed by atoms with Crippen molar-refractivity contribution in [1.82, 2.24) is 19.4 Å². The molecule has 43 heavy (non-hydrogen) atoms. The lowest BCUT2D eigenvalue weighted by Crippen LogP contribution is -2.32. The summed E-state index contributed by atoms with van der Waals surface area (Å²) >= 11 is 0. The van der Waals surface area contributed by atoms with E-state index in [4.69, 9.17) is 9.72 Å². The highest BCUT2D eigenvalue weighted by Gasteiger charge is 2.40. The average Bonchev–Trinajstić information content (AvgIpc) is 3.52. The van der Waals surface area contributed by atoms with Crippen LogP contribution in [0.5, 0.6) is 5.75 Å². The normalized spacial score (nSPS) is 19.7. The molecule has 0 spiro atoms. The van der Waals surface area contributed by atoms with Crippen LogP contribution in [0.1, 0.15) is 30.9 Å². The standard InChI is InChI=1S/C33H34N8O2/c1-4-31(42)36-25-13-26(30(43-3)14-28(25)40-17-20-11-12-39(2)29(20)19-40)37-33-35-16-21(15-34)32(38-33)24-18-41(22-9-10-22)27-8-6-5-7-23(24)27/h4-8,13-14,16,18,20,22,29H,1,9-12,17,19H2,2-3H3,(H,36,42)(H,35,37,38)/t20?,29-/m1/s1. The number of amides is 1. The zero-order valence-electron chi connectivity index (χ0n) is 24.4. The van der Waals surface area contributed by atoms with E-state index in [0.717, 1.165) is 54.6 Å². The van der Waals surface area contributed by atoms with E-state index in [-0.39, 0.29) is 5.91 Å². The van der Waals surface area contributed by atoms with E-state index in [2.05, 4.69) is 68.0 Å². The van der Waals surface area contributed by atoms with E-state index in [1.807, 2.05) is 24.3 Å². The van der Waals surface area contributed by atoms with Crippen molar-refractivity contribution in [2.24, 2.45) is 5.92 Å². The summed E-state index contributed by atoms with van der Waals surface area (Å²) in [7, 11) is 3.80. The molecule has 1 unspecified atom stereocenters. The number of methoxy groups -OCH3 is 1. The second kappa shape index (κ2) is 10.7. The number of nitriles is 1. The Bertz CT molecular complexity index is 1790. The van der Waals surface area contributed by atoms with Crippen LogP contribution in [0.25, 0.3) is 22.2 Å². The first-order valence-electron chi connectivity index (χ1n) is 14.7. The number of aromatic nitrogens is 3. The van der Waals surface area contributed by atoms with E-state index >= 15 is 0 Å². The molecule has 7 rings (SSSR count). The number of carbonyl (C=O) groups is 1. The molecule has 4 heterocycles. The van der Waals surface area contributed by atoms with Crippen LogP contribution in [-0.2, 0) is 4.79 Å². The lowest BCUT2D eigenvalue weighted by Gasteiger charge is -2.26. The van der Waals surface area contributed by atoms with Crippen molar-refractivity contribution < 1.29 is 9.53 Å². The van der Waals surface area contributed by atoms with E-state index in [1.165, 1.54) is 12.5 Å². The third-order valence-corrected chi connectivity index (χ3v) is 9.02. The number of anilines is 4. The first-order valence-corrected chi connectivity index (χ1v) is 14.7. The fourth-order valence-electron chi connectivity index (χ4n) is 6.65. The van der Waals surface area contributed by atoms with Crippen LogP contribution in [0.4, 0.5) is 23.0 Å². The zero-order valence-corrected chi connectivity index (χ0v) is 24.4. The van der Waals surface area contributed by atoms with Gasteiger partial charge in [-0.25, -0.2) is 9.97 Å². The van der Waals surface area contributed by atoms with Gasteiger partial charge in [0, 0.05) is 53.9 Å². The van der Waals surface area contributed by atoms with E-state index in [9.17, 15) is 10.1 Å². The summed E-state index contributed by atoms with van der Waals surface area (Å²) in [5, 5.41) is 17.3. The lowest BCUT2D eigenvalue weighted by atomic mass is 10.1. The molecule has 2 saturated heterocycles. The first-order chi connectivity index (χ1) is 21.0. The van der Waals surface area contributed by atoms with E-state index in [0.29, 0.717) is 52.3 Å². The molecule has 2 atom stereocenters. The summed E-state index contributed by atoms with van der Waals surface area (Å²) in [6.07, 6.45) is 8.39. The Morgan fingerprint density at radius 3 is 2.77 bits per heavy atom. The Morgan fingerprint density at radius 2 is 2.02 bits per heavy atom. The number of hydrogen-bond donors (Lipinski definition) is 2. The molecular weight excluding hydrogens is 540 g/mol. The molecular formula is C33H34N8O2. The Hall–Kier alpha value is -4.88. The summed E-state index contributed by atoms with van der Waals surface area (Å²) in [5.41, 5.74) is 5.14. The molecule has 2 N–H and O–H groups in total. The molecule has 1 amide bonds. The van der Waals surface area contributed by atoms with Gasteiger partial charge in [0.1, 0.15) is 11.8 Å². The molecule has 3 fully saturated rings. The summed E-state index contributed by atoms with van der Waals surface area (Å²) in [5.74, 6) is 1.21. The third kappa shape index (κ3) is 4.85. The molecule has 2 aromatic carbocycles. The highest BCUT2D eigenvalue weighted by Crippen LogP contribution is 2.43. The molecule has 218 valence electrons. The molecule has 10 heteroatoms. The first kappa shape index (κ1) is 27.0. The predicted octanol–water partition coefficient (Wildman–Crippen LogP) is 5.32. The van der Waals surface area contributed by atoms with Gasteiger partial charge in [-0.05, 0) is 57.0 Å². The Kier molecular flexibility index (Phi) is 6.75. The SMILES string of the molecule is C=CC(=O)Nc1cc(Nc2ncc(C#N)c(-c3cn(C4CC4)c4ccccc34)n2)c(OC)cc1N1CC2CCN(C)[C@@H]2C1. The van der Waals surface area contributed by atoms with Gasteiger partial charge in [0.2, 0.25) is 11.9 Å². The maximum atomic E-state index is 12.5. The molecule has 3 aliphatic rings. The number of likely N-dealkylation sites (N-methyl/N-ethyl adjacent to an activating group) is 1. The second-order valence-corrected chi connectivity index (χ2v) is 11.7. The second-order valence-electron chi connectivity index (χ2n) is 11.7. The maximum Gasteiger partial charge on any atom is 0.247 e. The number of ether oxygens (including phenoxy) is 1. The van der Waals surface area contributed by atoms with Crippen LogP contribution < -0.4 is 20.3 Å². The van der Waals surface area contributed by atoms with E-state index < -0.39 is 0 Å². The van der Waals surface area contributed by atoms with Crippen molar-refractivity contribution in [3.63, 3.8) is 0 Å². The largest absolute Gasteiger partial charge is 0.494 e. The van der Waals surface area contributed by atoms with Gasteiger partial charge in [-0.2, -0.15) is 5.26 Å². The van der Waals surface area contributed by atoms with Crippen molar-refractivity contribution in [3.05, 3.63) is 67.0 Å². The highest BCUT2D eigenvalue weighted by molar-refractivity contribution is 6.02. The number of likely N-dealkylation sites (tertiary alicyclic amines) is 1. The van der Waals surface area contributed by atoms with Crippen molar-refractivity contribution in [2.45, 2.75) is 31.3 Å². The Morgan fingerprint density at radius 1 is 1.19 bits per heavy atom. The van der Waals surface area contributed by atoms with Crippen molar-refractivity contribution in [3.8, 4) is 23.1 Å². The number of nitrogens with zero attached hydrogens (tertiary/aromatic N) is 6. The van der Waals surface area contributed by atoms with Crippen molar-refractivity contribution >= 4 is 39.8 Å². The smallest absolute Gasteiger partial charge is 0.247 e. The number of benzene rings is 2. The fraction of sp³-hybridized carbons (Fsp3) is 0.333.